The van der Waals surface area contributed by atoms with Gasteiger partial charge in [-0.2, -0.15) is 0 Å². The molecular weight excluding hydrogens is 242 g/mol. The summed E-state index contributed by atoms with van der Waals surface area (Å²) < 4.78 is 5.04. The molecule has 0 aliphatic carbocycles. The first-order valence-electron chi connectivity index (χ1n) is 5.13. The van der Waals surface area contributed by atoms with Gasteiger partial charge >= 0.3 is 5.63 Å². The summed E-state index contributed by atoms with van der Waals surface area (Å²) in [5.41, 5.74) is -0.250. The lowest BCUT2D eigenvalue weighted by Gasteiger charge is -2.02. The van der Waals surface area contributed by atoms with Crippen LogP contribution in [-0.2, 0) is 0 Å². The molecule has 0 atom stereocenters. The van der Waals surface area contributed by atoms with E-state index in [0.717, 1.165) is 0 Å². The first kappa shape index (κ1) is 11.7. The van der Waals surface area contributed by atoms with Crippen LogP contribution in [0.5, 0.6) is 0 Å². The normalized spacial score (nSPS) is 10.5. The van der Waals surface area contributed by atoms with Crippen molar-refractivity contribution in [3.05, 3.63) is 45.3 Å². The van der Waals surface area contributed by atoms with Gasteiger partial charge in [-0.15, -0.1) is 0 Å². The lowest BCUT2D eigenvalue weighted by atomic mass is 10.2. The predicted octanol–water partition coefficient (Wildman–Crippen LogP) is 2.20. The highest BCUT2D eigenvalue weighted by Gasteiger charge is 2.12. The highest BCUT2D eigenvalue weighted by Crippen LogP contribution is 2.18. The van der Waals surface area contributed by atoms with Crippen LogP contribution in [0.15, 0.2) is 33.5 Å². The van der Waals surface area contributed by atoms with Crippen molar-refractivity contribution >= 4 is 28.5 Å². The van der Waals surface area contributed by atoms with Crippen molar-refractivity contribution in [3.8, 4) is 0 Å². The summed E-state index contributed by atoms with van der Waals surface area (Å²) in [5, 5.41) is 3.69. The van der Waals surface area contributed by atoms with Gasteiger partial charge < -0.3 is 9.73 Å². The third-order valence-electron chi connectivity index (χ3n) is 2.28. The molecule has 0 spiro atoms. The third-order valence-corrected chi connectivity index (χ3v) is 2.51. The van der Waals surface area contributed by atoms with E-state index in [1.807, 2.05) is 0 Å². The van der Waals surface area contributed by atoms with E-state index in [1.165, 1.54) is 6.07 Å². The van der Waals surface area contributed by atoms with Crippen LogP contribution in [0.3, 0.4) is 0 Å². The average molecular weight is 252 g/mol. The van der Waals surface area contributed by atoms with Crippen LogP contribution in [0.25, 0.3) is 11.0 Å². The molecule has 1 heterocycles. The molecule has 1 aromatic heterocycles. The predicted molar refractivity (Wildman–Crippen MR) is 65.5 cm³/mol. The molecule has 4 nitrogen and oxygen atoms in total. The Balaban J connectivity index is 2.61. The fourth-order valence-corrected chi connectivity index (χ4v) is 1.69. The molecule has 0 radical (unpaired) electrons. The highest BCUT2D eigenvalue weighted by molar-refractivity contribution is 6.31. The van der Waals surface area contributed by atoms with E-state index in [9.17, 15) is 9.59 Å². The number of rotatable bonds is 2. The minimum absolute atomic E-state index is 0.0124. The molecule has 2 rings (SSSR count). The molecule has 1 N–H and O–H groups in total. The van der Waals surface area contributed by atoms with Crippen LogP contribution in [-0.4, -0.2) is 12.5 Å². The molecule has 17 heavy (non-hydrogen) atoms. The largest absolute Gasteiger partial charge is 0.422 e. The number of hydrogen-bond acceptors (Lipinski definition) is 3. The van der Waals surface area contributed by atoms with Crippen LogP contribution in [0.1, 0.15) is 17.3 Å². The summed E-state index contributed by atoms with van der Waals surface area (Å²) in [6, 6.07) is 6.35. The molecule has 0 saturated carbocycles. The molecule has 0 aliphatic heterocycles. The van der Waals surface area contributed by atoms with E-state index in [2.05, 4.69) is 5.32 Å². The minimum Gasteiger partial charge on any atom is -0.422 e. The second-order valence-electron chi connectivity index (χ2n) is 3.49. The second kappa shape index (κ2) is 4.59. The highest BCUT2D eigenvalue weighted by atomic mass is 35.5. The average Bonchev–Trinajstić information content (AvgIpc) is 2.29. The Morgan fingerprint density at radius 1 is 1.41 bits per heavy atom. The summed E-state index contributed by atoms with van der Waals surface area (Å²) in [6.45, 7) is 2.23. The van der Waals surface area contributed by atoms with Crippen molar-refractivity contribution in [1.29, 1.82) is 0 Å². The smallest absolute Gasteiger partial charge is 0.349 e. The molecule has 5 heteroatoms. The van der Waals surface area contributed by atoms with Gasteiger partial charge in [0.15, 0.2) is 0 Å². The van der Waals surface area contributed by atoms with Crippen LogP contribution in [0.4, 0.5) is 0 Å². The van der Waals surface area contributed by atoms with E-state index in [1.54, 1.807) is 25.1 Å². The fourth-order valence-electron chi connectivity index (χ4n) is 1.51. The summed E-state index contributed by atoms with van der Waals surface area (Å²) in [6.07, 6.45) is 0. The maximum absolute atomic E-state index is 11.6. The Bertz CT molecular complexity index is 633. The van der Waals surface area contributed by atoms with Gasteiger partial charge in [-0.3, -0.25) is 4.79 Å². The number of halogens is 1. The molecule has 0 fully saturated rings. The zero-order valence-corrected chi connectivity index (χ0v) is 9.88. The monoisotopic (exact) mass is 251 g/mol. The van der Waals surface area contributed by atoms with E-state index >= 15 is 0 Å². The Morgan fingerprint density at radius 3 is 2.88 bits per heavy atom. The van der Waals surface area contributed by atoms with Crippen molar-refractivity contribution in [2.75, 3.05) is 6.54 Å². The van der Waals surface area contributed by atoms with Crippen LogP contribution < -0.4 is 10.9 Å². The van der Waals surface area contributed by atoms with Gasteiger partial charge in [-0.25, -0.2) is 4.79 Å². The van der Waals surface area contributed by atoms with Crippen molar-refractivity contribution in [2.24, 2.45) is 0 Å². The molecule has 0 unspecified atom stereocenters. The summed E-state index contributed by atoms with van der Waals surface area (Å²) >= 11 is 5.83. The standard InChI is InChI=1S/C12H10ClNO3/c1-2-14-11(15)9-6-7-5-8(13)3-4-10(7)17-12(9)16/h3-6H,2H2,1H3,(H,14,15). The molecule has 0 bridgehead atoms. The van der Waals surface area contributed by atoms with E-state index in [4.69, 9.17) is 16.0 Å². The lowest BCUT2D eigenvalue weighted by Crippen LogP contribution is -2.27. The lowest BCUT2D eigenvalue weighted by molar-refractivity contribution is 0.0952. The summed E-state index contributed by atoms with van der Waals surface area (Å²) in [4.78, 5) is 23.2. The zero-order valence-electron chi connectivity index (χ0n) is 9.12. The molecule has 2 aromatic rings. The topological polar surface area (TPSA) is 59.3 Å². The van der Waals surface area contributed by atoms with Crippen LogP contribution >= 0.6 is 11.6 Å². The van der Waals surface area contributed by atoms with Crippen molar-refractivity contribution in [3.63, 3.8) is 0 Å². The van der Waals surface area contributed by atoms with Gasteiger partial charge in [-0.05, 0) is 31.2 Å². The second-order valence-corrected chi connectivity index (χ2v) is 3.93. The van der Waals surface area contributed by atoms with Crippen molar-refractivity contribution < 1.29 is 9.21 Å². The van der Waals surface area contributed by atoms with E-state index in [0.29, 0.717) is 22.5 Å². The summed E-state index contributed by atoms with van der Waals surface area (Å²) in [5.74, 6) is -0.442. The van der Waals surface area contributed by atoms with Gasteiger partial charge in [0.1, 0.15) is 11.1 Å². The van der Waals surface area contributed by atoms with Crippen molar-refractivity contribution in [2.45, 2.75) is 6.92 Å². The van der Waals surface area contributed by atoms with Gasteiger partial charge in [-0.1, -0.05) is 11.6 Å². The van der Waals surface area contributed by atoms with E-state index < -0.39 is 11.5 Å². The van der Waals surface area contributed by atoms with E-state index in [-0.39, 0.29) is 5.56 Å². The van der Waals surface area contributed by atoms with Gasteiger partial charge in [0.05, 0.1) is 0 Å². The first-order chi connectivity index (χ1) is 8.11. The Morgan fingerprint density at radius 2 is 2.18 bits per heavy atom. The van der Waals surface area contributed by atoms with Gasteiger partial charge in [0, 0.05) is 17.0 Å². The van der Waals surface area contributed by atoms with Crippen molar-refractivity contribution in [1.82, 2.24) is 5.32 Å². The van der Waals surface area contributed by atoms with Crippen LogP contribution in [0, 0.1) is 0 Å². The molecule has 0 aliphatic rings. The first-order valence-corrected chi connectivity index (χ1v) is 5.51. The van der Waals surface area contributed by atoms with Gasteiger partial charge in [0.2, 0.25) is 0 Å². The number of amides is 1. The minimum atomic E-state index is -0.647. The zero-order chi connectivity index (χ0) is 12.4. The Kier molecular flexibility index (Phi) is 3.15. The molecule has 88 valence electrons. The maximum atomic E-state index is 11.6. The molecule has 0 saturated heterocycles. The third kappa shape index (κ3) is 2.31. The molecule has 1 amide bonds. The number of fused-ring (bicyclic) bond motifs is 1. The number of hydrogen-bond donors (Lipinski definition) is 1. The Labute approximate surface area is 102 Å². The number of carbonyl (C=O) groups is 1. The number of benzene rings is 1. The summed E-state index contributed by atoms with van der Waals surface area (Å²) in [7, 11) is 0. The van der Waals surface area contributed by atoms with Crippen LogP contribution in [0.2, 0.25) is 5.02 Å². The Hall–Kier alpha value is -1.81. The SMILES string of the molecule is CCNC(=O)c1cc2cc(Cl)ccc2oc1=O. The number of nitrogens with one attached hydrogen (secondary N) is 1. The molecule has 1 aromatic carbocycles. The molecular formula is C12H10ClNO3. The number of carbonyl (C=O) groups excluding carboxylic acids is 1. The van der Waals surface area contributed by atoms with Gasteiger partial charge in [0.25, 0.3) is 5.91 Å². The maximum Gasteiger partial charge on any atom is 0.349 e. The fraction of sp³-hybridized carbons (Fsp3) is 0.167. The quantitative estimate of drug-likeness (QED) is 0.833.